The lowest BCUT2D eigenvalue weighted by molar-refractivity contribution is 0.385. The smallest absolute Gasteiger partial charge is 0.181 e. The normalized spacial score (nSPS) is 21.5. The molecule has 0 radical (unpaired) electrons. The van der Waals surface area contributed by atoms with Gasteiger partial charge >= 0.3 is 0 Å². The van der Waals surface area contributed by atoms with Crippen LogP contribution in [0.5, 0.6) is 0 Å². The van der Waals surface area contributed by atoms with E-state index in [0.29, 0.717) is 23.3 Å². The topological polar surface area (TPSA) is 67.6 Å². The van der Waals surface area contributed by atoms with Crippen LogP contribution in [0.3, 0.4) is 0 Å². The van der Waals surface area contributed by atoms with Crippen LogP contribution in [0.4, 0.5) is 4.39 Å². The summed E-state index contributed by atoms with van der Waals surface area (Å²) in [5, 5.41) is 7.17. The molecular formula is C16H23FN4. The van der Waals surface area contributed by atoms with Crippen LogP contribution in [0.15, 0.2) is 24.3 Å². The van der Waals surface area contributed by atoms with E-state index in [0.717, 1.165) is 31.5 Å². The van der Waals surface area contributed by atoms with Crippen LogP contribution in [-0.2, 0) is 0 Å². The average molecular weight is 290 g/mol. The molecule has 0 atom stereocenters. The molecule has 0 amide bonds. The monoisotopic (exact) mass is 290 g/mol. The van der Waals surface area contributed by atoms with Crippen molar-refractivity contribution < 1.29 is 4.39 Å². The number of halogens is 1. The molecule has 4 nitrogen and oxygen atoms in total. The highest BCUT2D eigenvalue weighted by Gasteiger charge is 2.23. The summed E-state index contributed by atoms with van der Waals surface area (Å²) in [6, 6.07) is 6.66. The van der Waals surface area contributed by atoms with Gasteiger partial charge < -0.3 is 5.73 Å². The molecule has 3 rings (SSSR count). The molecule has 1 heterocycles. The second-order valence-corrected chi connectivity index (χ2v) is 5.17. The number of benzene rings is 1. The molecule has 21 heavy (non-hydrogen) atoms. The van der Waals surface area contributed by atoms with E-state index in [1.165, 1.54) is 12.1 Å². The minimum Gasteiger partial charge on any atom is -0.328 e. The van der Waals surface area contributed by atoms with E-state index in [4.69, 9.17) is 5.73 Å². The Labute approximate surface area is 125 Å². The number of hydrogen-bond donors (Lipinski definition) is 2. The van der Waals surface area contributed by atoms with E-state index in [1.54, 1.807) is 6.07 Å². The van der Waals surface area contributed by atoms with Crippen LogP contribution in [0, 0.1) is 5.82 Å². The molecule has 0 unspecified atom stereocenters. The van der Waals surface area contributed by atoms with Crippen molar-refractivity contribution in [2.75, 3.05) is 0 Å². The molecule has 0 bridgehead atoms. The average Bonchev–Trinajstić information content (AvgIpc) is 3.00. The molecule has 0 spiro atoms. The predicted octanol–water partition coefficient (Wildman–Crippen LogP) is 3.62. The molecule has 1 fully saturated rings. The molecule has 5 heteroatoms. The van der Waals surface area contributed by atoms with Crippen molar-refractivity contribution in [3.05, 3.63) is 35.9 Å². The lowest BCUT2D eigenvalue weighted by atomic mass is 9.86. The molecular weight excluding hydrogens is 267 g/mol. The van der Waals surface area contributed by atoms with Gasteiger partial charge in [0, 0.05) is 17.5 Å². The highest BCUT2D eigenvalue weighted by atomic mass is 19.1. The summed E-state index contributed by atoms with van der Waals surface area (Å²) >= 11 is 0. The summed E-state index contributed by atoms with van der Waals surface area (Å²) in [7, 11) is 0. The molecule has 1 aromatic carbocycles. The Bertz CT molecular complexity index is 559. The molecule has 1 aliphatic rings. The molecule has 1 aromatic heterocycles. The van der Waals surface area contributed by atoms with Gasteiger partial charge in [0.05, 0.1) is 0 Å². The zero-order valence-electron chi connectivity index (χ0n) is 12.6. The van der Waals surface area contributed by atoms with Crippen LogP contribution in [0.1, 0.15) is 51.3 Å². The number of aromatic nitrogens is 3. The Hall–Kier alpha value is -1.75. The third kappa shape index (κ3) is 3.88. The number of aromatic amines is 1. The largest absolute Gasteiger partial charge is 0.328 e. The number of rotatable bonds is 2. The van der Waals surface area contributed by atoms with Gasteiger partial charge in [0.25, 0.3) is 0 Å². The first-order valence-corrected chi connectivity index (χ1v) is 7.66. The maximum Gasteiger partial charge on any atom is 0.181 e. The fourth-order valence-electron chi connectivity index (χ4n) is 2.61. The zero-order valence-corrected chi connectivity index (χ0v) is 12.6. The Balaban J connectivity index is 0.000000774. The van der Waals surface area contributed by atoms with Gasteiger partial charge in [-0.1, -0.05) is 26.0 Å². The van der Waals surface area contributed by atoms with Crippen molar-refractivity contribution in [3.8, 4) is 11.4 Å². The number of nitrogens with one attached hydrogen (secondary N) is 1. The van der Waals surface area contributed by atoms with E-state index >= 15 is 0 Å². The van der Waals surface area contributed by atoms with Crippen LogP contribution < -0.4 is 5.73 Å². The highest BCUT2D eigenvalue weighted by Crippen LogP contribution is 2.31. The fraction of sp³-hybridized carbons (Fsp3) is 0.500. The van der Waals surface area contributed by atoms with E-state index < -0.39 is 0 Å². The molecule has 2 aromatic rings. The lowest BCUT2D eigenvalue weighted by Crippen LogP contribution is -2.26. The Morgan fingerprint density at radius 2 is 1.90 bits per heavy atom. The predicted molar refractivity (Wildman–Crippen MR) is 82.3 cm³/mol. The minimum atomic E-state index is -0.271. The van der Waals surface area contributed by atoms with E-state index in [-0.39, 0.29) is 5.82 Å². The first-order valence-electron chi connectivity index (χ1n) is 7.66. The van der Waals surface area contributed by atoms with Gasteiger partial charge in [0.2, 0.25) is 0 Å². The molecule has 3 N–H and O–H groups in total. The number of nitrogens with two attached hydrogens (primary N) is 1. The summed E-state index contributed by atoms with van der Waals surface area (Å²) in [4.78, 5) is 4.50. The second kappa shape index (κ2) is 7.31. The number of hydrogen-bond acceptors (Lipinski definition) is 3. The van der Waals surface area contributed by atoms with Crippen molar-refractivity contribution in [2.45, 2.75) is 51.5 Å². The fourth-order valence-corrected chi connectivity index (χ4v) is 2.61. The molecule has 1 aliphatic carbocycles. The van der Waals surface area contributed by atoms with E-state index in [9.17, 15) is 4.39 Å². The minimum absolute atomic E-state index is 0.271. The van der Waals surface area contributed by atoms with Crippen molar-refractivity contribution in [1.82, 2.24) is 15.2 Å². The summed E-state index contributed by atoms with van der Waals surface area (Å²) in [6.45, 7) is 4.00. The summed E-state index contributed by atoms with van der Waals surface area (Å²) < 4.78 is 13.2. The van der Waals surface area contributed by atoms with Gasteiger partial charge in [0.1, 0.15) is 11.6 Å². The number of H-pyrrole nitrogens is 1. The van der Waals surface area contributed by atoms with Crippen molar-refractivity contribution in [1.29, 1.82) is 0 Å². The van der Waals surface area contributed by atoms with Crippen molar-refractivity contribution >= 4 is 0 Å². The maximum absolute atomic E-state index is 13.2. The van der Waals surface area contributed by atoms with E-state index in [2.05, 4.69) is 15.2 Å². The summed E-state index contributed by atoms with van der Waals surface area (Å²) in [5.74, 6) is 1.58. The SMILES string of the molecule is CC.NC1CCC(c2nc(-c3cccc(F)c3)n[nH]2)CC1. The van der Waals surface area contributed by atoms with E-state index in [1.807, 2.05) is 19.9 Å². The van der Waals surface area contributed by atoms with Gasteiger partial charge in [-0.25, -0.2) is 9.37 Å². The van der Waals surface area contributed by atoms with Gasteiger partial charge in [-0.15, -0.1) is 0 Å². The first-order chi connectivity index (χ1) is 10.2. The van der Waals surface area contributed by atoms with Crippen LogP contribution >= 0.6 is 0 Å². The molecule has 114 valence electrons. The van der Waals surface area contributed by atoms with Crippen molar-refractivity contribution in [2.24, 2.45) is 5.73 Å². The second-order valence-electron chi connectivity index (χ2n) is 5.17. The number of nitrogens with zero attached hydrogens (tertiary/aromatic N) is 2. The maximum atomic E-state index is 13.2. The third-order valence-corrected chi connectivity index (χ3v) is 3.74. The highest BCUT2D eigenvalue weighted by molar-refractivity contribution is 5.54. The zero-order chi connectivity index (χ0) is 15.2. The molecule has 1 saturated carbocycles. The van der Waals surface area contributed by atoms with Crippen LogP contribution in [-0.4, -0.2) is 21.2 Å². The van der Waals surface area contributed by atoms with Gasteiger partial charge in [-0.3, -0.25) is 5.10 Å². The van der Waals surface area contributed by atoms with Gasteiger partial charge in [-0.2, -0.15) is 5.10 Å². The standard InChI is InChI=1S/C14H17FN4.C2H6/c15-11-3-1-2-10(8-11)14-17-13(18-19-14)9-4-6-12(16)7-5-9;1-2/h1-3,8-9,12H,4-7,16H2,(H,17,18,19);1-2H3. The van der Waals surface area contributed by atoms with Gasteiger partial charge in [-0.05, 0) is 37.8 Å². The lowest BCUT2D eigenvalue weighted by Gasteiger charge is -2.23. The quantitative estimate of drug-likeness (QED) is 0.887. The van der Waals surface area contributed by atoms with Crippen molar-refractivity contribution in [3.63, 3.8) is 0 Å². The van der Waals surface area contributed by atoms with Crippen LogP contribution in [0.25, 0.3) is 11.4 Å². The Kier molecular flexibility index (Phi) is 5.44. The summed E-state index contributed by atoms with van der Waals surface area (Å²) in [5.41, 5.74) is 6.60. The Morgan fingerprint density at radius 3 is 2.57 bits per heavy atom. The molecule has 0 saturated heterocycles. The first kappa shape index (κ1) is 15.6. The van der Waals surface area contributed by atoms with Gasteiger partial charge in [0.15, 0.2) is 5.82 Å². The van der Waals surface area contributed by atoms with Crippen LogP contribution in [0.2, 0.25) is 0 Å². The summed E-state index contributed by atoms with van der Waals surface area (Å²) in [6.07, 6.45) is 4.14. The molecule has 0 aliphatic heterocycles. The Morgan fingerprint density at radius 1 is 1.19 bits per heavy atom. The third-order valence-electron chi connectivity index (χ3n) is 3.74.